The van der Waals surface area contributed by atoms with Gasteiger partial charge < -0.3 is 24.7 Å². The third-order valence-electron chi connectivity index (χ3n) is 7.10. The number of aromatic nitrogens is 5. The number of anilines is 3. The largest absolute Gasteiger partial charge is 0.369 e. The number of rotatable bonds is 5. The number of nitrogens with one attached hydrogen (secondary N) is 2. The van der Waals surface area contributed by atoms with Gasteiger partial charge in [-0.25, -0.2) is 14.4 Å². The minimum Gasteiger partial charge on any atom is -0.369 e. The summed E-state index contributed by atoms with van der Waals surface area (Å²) in [5, 5.41) is 4.22. The van der Waals surface area contributed by atoms with Crippen molar-refractivity contribution >= 4 is 39.4 Å². The quantitative estimate of drug-likeness (QED) is 0.333. The summed E-state index contributed by atoms with van der Waals surface area (Å²) in [6.07, 6.45) is 1.83. The number of likely N-dealkylation sites (N-methyl/N-ethyl adjacent to an activating group) is 1. The maximum absolute atomic E-state index is 15.3. The highest BCUT2D eigenvalue weighted by Crippen LogP contribution is 2.33. The van der Waals surface area contributed by atoms with Crippen LogP contribution in [-0.4, -0.2) is 62.6 Å². The molecule has 0 bridgehead atoms. The predicted molar refractivity (Wildman–Crippen MR) is 147 cm³/mol. The fourth-order valence-corrected chi connectivity index (χ4v) is 5.25. The lowest BCUT2D eigenvalue weighted by Gasteiger charge is -2.34. The van der Waals surface area contributed by atoms with Gasteiger partial charge in [0.05, 0.1) is 11.2 Å². The van der Waals surface area contributed by atoms with Crippen molar-refractivity contribution in [1.82, 2.24) is 29.4 Å². The van der Waals surface area contributed by atoms with Crippen LogP contribution in [0.25, 0.3) is 33.3 Å². The maximum Gasteiger partial charge on any atom is 0.229 e. The highest BCUT2D eigenvalue weighted by Gasteiger charge is 2.19. The Kier molecular flexibility index (Phi) is 5.79. The van der Waals surface area contributed by atoms with E-state index in [9.17, 15) is 0 Å². The molecule has 1 fully saturated rings. The van der Waals surface area contributed by atoms with Gasteiger partial charge in [-0.3, -0.25) is 0 Å². The molecule has 0 radical (unpaired) electrons. The standard InChI is InChI=1S/C28H31FN8/c1-17(2)37-18(3)31-26-23(29)14-19(15-24(26)37)25-22-8-9-30-27(22)34-28(33-25)32-20-6-5-7-21(16-20)36-12-10-35(4)11-13-36/h5-9,14-17H,10-13H2,1-4H3,(H2,30,32,33,34). The average molecular weight is 499 g/mol. The van der Waals surface area contributed by atoms with Crippen LogP contribution in [0.3, 0.4) is 0 Å². The molecule has 1 aliphatic rings. The molecule has 4 heterocycles. The fraction of sp³-hybridized carbons (Fsp3) is 0.321. The van der Waals surface area contributed by atoms with Crippen molar-refractivity contribution in [2.45, 2.75) is 26.8 Å². The van der Waals surface area contributed by atoms with E-state index in [2.05, 4.69) is 62.7 Å². The first-order valence-electron chi connectivity index (χ1n) is 12.7. The van der Waals surface area contributed by atoms with Gasteiger partial charge in [-0.15, -0.1) is 0 Å². The minimum atomic E-state index is -0.355. The van der Waals surface area contributed by atoms with Crippen molar-refractivity contribution in [3.05, 3.63) is 60.3 Å². The summed E-state index contributed by atoms with van der Waals surface area (Å²) in [6, 6.07) is 13.9. The van der Waals surface area contributed by atoms with Crippen LogP contribution in [0.5, 0.6) is 0 Å². The van der Waals surface area contributed by atoms with E-state index in [1.165, 1.54) is 11.8 Å². The van der Waals surface area contributed by atoms with Gasteiger partial charge in [0.1, 0.15) is 17.0 Å². The number of hydrogen-bond acceptors (Lipinski definition) is 6. The van der Waals surface area contributed by atoms with E-state index in [0.29, 0.717) is 28.4 Å². The molecular weight excluding hydrogens is 467 g/mol. The molecular formula is C28H31FN8. The van der Waals surface area contributed by atoms with Crippen LogP contribution in [0, 0.1) is 12.7 Å². The lowest BCUT2D eigenvalue weighted by atomic mass is 10.1. The van der Waals surface area contributed by atoms with Crippen LogP contribution in [0.2, 0.25) is 0 Å². The molecule has 6 rings (SSSR count). The second-order valence-corrected chi connectivity index (χ2v) is 10.0. The smallest absolute Gasteiger partial charge is 0.229 e. The lowest BCUT2D eigenvalue weighted by Crippen LogP contribution is -2.44. The molecule has 5 aromatic rings. The summed E-state index contributed by atoms with van der Waals surface area (Å²) >= 11 is 0. The lowest BCUT2D eigenvalue weighted by molar-refractivity contribution is 0.313. The van der Waals surface area contributed by atoms with E-state index >= 15 is 4.39 Å². The topological polar surface area (TPSA) is 77.9 Å². The molecule has 0 amide bonds. The number of nitrogens with zero attached hydrogens (tertiary/aromatic N) is 6. The third kappa shape index (κ3) is 4.29. The molecule has 2 N–H and O–H groups in total. The number of H-pyrrole nitrogens is 1. The van der Waals surface area contributed by atoms with Crippen molar-refractivity contribution < 1.29 is 4.39 Å². The SMILES string of the molecule is Cc1nc2c(F)cc(-c3nc(Nc4cccc(N5CCN(C)CC5)c4)nc4[nH]ccc34)cc2n1C(C)C. The first-order valence-corrected chi connectivity index (χ1v) is 12.7. The number of halogens is 1. The van der Waals surface area contributed by atoms with Crippen LogP contribution >= 0.6 is 0 Å². The van der Waals surface area contributed by atoms with Crippen molar-refractivity contribution in [1.29, 1.82) is 0 Å². The van der Waals surface area contributed by atoms with E-state index in [4.69, 9.17) is 9.97 Å². The summed E-state index contributed by atoms with van der Waals surface area (Å²) in [5.74, 6) is 0.888. The highest BCUT2D eigenvalue weighted by atomic mass is 19.1. The Balaban J connectivity index is 1.40. The van der Waals surface area contributed by atoms with E-state index < -0.39 is 0 Å². The molecule has 190 valence electrons. The van der Waals surface area contributed by atoms with Gasteiger partial charge in [0.15, 0.2) is 5.82 Å². The molecule has 8 nitrogen and oxygen atoms in total. The molecule has 2 aromatic carbocycles. The summed E-state index contributed by atoms with van der Waals surface area (Å²) < 4.78 is 17.3. The number of hydrogen-bond donors (Lipinski definition) is 2. The zero-order valence-electron chi connectivity index (χ0n) is 21.6. The zero-order chi connectivity index (χ0) is 25.7. The molecule has 0 aliphatic carbocycles. The summed E-state index contributed by atoms with van der Waals surface area (Å²) in [4.78, 5) is 22.0. The molecule has 0 spiro atoms. The Labute approximate surface area is 215 Å². The van der Waals surface area contributed by atoms with E-state index in [0.717, 1.165) is 48.6 Å². The number of fused-ring (bicyclic) bond motifs is 2. The van der Waals surface area contributed by atoms with Crippen molar-refractivity contribution in [3.63, 3.8) is 0 Å². The third-order valence-corrected chi connectivity index (χ3v) is 7.10. The van der Waals surface area contributed by atoms with Gasteiger partial charge >= 0.3 is 0 Å². The van der Waals surface area contributed by atoms with Gasteiger partial charge in [0.2, 0.25) is 5.95 Å². The molecule has 0 unspecified atom stereocenters. The number of imidazole rings is 1. The monoisotopic (exact) mass is 498 g/mol. The van der Waals surface area contributed by atoms with E-state index in [1.54, 1.807) is 0 Å². The first-order chi connectivity index (χ1) is 17.9. The van der Waals surface area contributed by atoms with Gasteiger partial charge in [-0.2, -0.15) is 4.98 Å². The van der Waals surface area contributed by atoms with Crippen LogP contribution < -0.4 is 10.2 Å². The number of aryl methyl sites for hydroxylation is 1. The molecule has 9 heteroatoms. The van der Waals surface area contributed by atoms with Gasteiger partial charge in [-0.05, 0) is 64.2 Å². The van der Waals surface area contributed by atoms with Crippen molar-refractivity contribution in [3.8, 4) is 11.3 Å². The van der Waals surface area contributed by atoms with Gasteiger partial charge in [-0.1, -0.05) is 6.07 Å². The molecule has 1 aliphatic heterocycles. The summed E-state index contributed by atoms with van der Waals surface area (Å²) in [7, 11) is 2.16. The van der Waals surface area contributed by atoms with Gasteiger partial charge in [0.25, 0.3) is 0 Å². The molecule has 37 heavy (non-hydrogen) atoms. The summed E-state index contributed by atoms with van der Waals surface area (Å²) in [6.45, 7) is 10.1. The van der Waals surface area contributed by atoms with Crippen molar-refractivity contribution in [2.75, 3.05) is 43.4 Å². The number of aromatic amines is 1. The molecule has 0 saturated carbocycles. The second-order valence-electron chi connectivity index (χ2n) is 10.0. The normalized spacial score (nSPS) is 14.8. The average Bonchev–Trinajstić information content (AvgIpc) is 3.48. The zero-order valence-corrected chi connectivity index (χ0v) is 21.6. The van der Waals surface area contributed by atoms with E-state index in [-0.39, 0.29) is 11.9 Å². The first kappa shape index (κ1) is 23.4. The van der Waals surface area contributed by atoms with Crippen molar-refractivity contribution in [2.24, 2.45) is 0 Å². The van der Waals surface area contributed by atoms with Crippen LogP contribution in [0.1, 0.15) is 25.7 Å². The maximum atomic E-state index is 15.3. The Morgan fingerprint density at radius 3 is 2.59 bits per heavy atom. The molecule has 3 aromatic heterocycles. The number of benzene rings is 2. The number of piperazine rings is 1. The Morgan fingerprint density at radius 2 is 1.81 bits per heavy atom. The fourth-order valence-electron chi connectivity index (χ4n) is 5.25. The highest BCUT2D eigenvalue weighted by molar-refractivity contribution is 5.94. The second kappa shape index (κ2) is 9.15. The Hall–Kier alpha value is -3.98. The minimum absolute atomic E-state index is 0.155. The predicted octanol–water partition coefficient (Wildman–Crippen LogP) is 5.50. The molecule has 1 saturated heterocycles. The van der Waals surface area contributed by atoms with Gasteiger partial charge in [0, 0.05) is 60.7 Å². The van der Waals surface area contributed by atoms with Crippen LogP contribution in [0.15, 0.2) is 48.7 Å². The molecule has 0 atom stereocenters. The summed E-state index contributed by atoms with van der Waals surface area (Å²) in [5.41, 5.74) is 5.27. The Bertz CT molecular complexity index is 1590. The van der Waals surface area contributed by atoms with Crippen LogP contribution in [0.4, 0.5) is 21.7 Å². The van der Waals surface area contributed by atoms with Crippen LogP contribution in [-0.2, 0) is 0 Å². The Morgan fingerprint density at radius 1 is 1.00 bits per heavy atom. The van der Waals surface area contributed by atoms with E-state index in [1.807, 2.05) is 37.4 Å².